The third kappa shape index (κ3) is 3.30. The molecule has 2 aromatic heterocycles. The van der Waals surface area contributed by atoms with E-state index in [1.807, 2.05) is 30.3 Å². The fourth-order valence-electron chi connectivity index (χ4n) is 2.60. The van der Waals surface area contributed by atoms with Gasteiger partial charge in [-0.05, 0) is 30.3 Å². The summed E-state index contributed by atoms with van der Waals surface area (Å²) in [4.78, 5) is 4.36. The molecule has 1 aliphatic rings. The lowest BCUT2D eigenvalue weighted by Gasteiger charge is -1.97. The van der Waals surface area contributed by atoms with Gasteiger partial charge in [-0.2, -0.15) is 4.98 Å². The molecule has 0 saturated heterocycles. The normalized spacial score (nSPS) is 12.5. The van der Waals surface area contributed by atoms with E-state index in [0.717, 1.165) is 5.56 Å². The monoisotopic (exact) mass is 414 g/mol. The van der Waals surface area contributed by atoms with Crippen LogP contribution in [-0.2, 0) is 5.75 Å². The minimum Gasteiger partial charge on any atom is -0.454 e. The molecule has 0 atom stereocenters. The summed E-state index contributed by atoms with van der Waals surface area (Å²) >= 11 is 7.47. The van der Waals surface area contributed by atoms with Crippen molar-refractivity contribution in [3.8, 4) is 34.4 Å². The molecule has 0 aliphatic carbocycles. The van der Waals surface area contributed by atoms with Crippen molar-refractivity contribution in [3.05, 3.63) is 53.3 Å². The van der Waals surface area contributed by atoms with Gasteiger partial charge in [0.05, 0.1) is 16.3 Å². The van der Waals surface area contributed by atoms with Crippen molar-refractivity contribution in [2.75, 3.05) is 6.79 Å². The van der Waals surface area contributed by atoms with Crippen LogP contribution in [0.3, 0.4) is 0 Å². The van der Waals surface area contributed by atoms with E-state index in [-0.39, 0.29) is 6.79 Å². The van der Waals surface area contributed by atoms with Crippen LogP contribution in [0.5, 0.6) is 11.5 Å². The molecule has 0 amide bonds. The highest BCUT2D eigenvalue weighted by atomic mass is 35.5. The topological polar surface area (TPSA) is 96.3 Å². The SMILES string of the molecule is Clc1ccccc1-c1nc(CSc2nnc(-c3ccc4c(c3)OCO4)o2)no1. The predicted molar refractivity (Wildman–Crippen MR) is 100 cm³/mol. The third-order valence-electron chi connectivity index (χ3n) is 3.92. The molecule has 0 spiro atoms. The van der Waals surface area contributed by atoms with Crippen LogP contribution in [0.2, 0.25) is 5.02 Å². The summed E-state index contributed by atoms with van der Waals surface area (Å²) in [6.07, 6.45) is 0. The lowest BCUT2D eigenvalue weighted by Crippen LogP contribution is -1.92. The third-order valence-corrected chi connectivity index (χ3v) is 5.07. The maximum absolute atomic E-state index is 6.15. The van der Waals surface area contributed by atoms with Gasteiger partial charge in [0.25, 0.3) is 11.1 Å². The standard InChI is InChI=1S/C18H11ClN4O4S/c19-12-4-2-1-3-11(12)17-20-15(23-27-17)8-28-18-22-21-16(26-18)10-5-6-13-14(7-10)25-9-24-13/h1-7H,8-9H2. The number of halogens is 1. The van der Waals surface area contributed by atoms with E-state index in [9.17, 15) is 0 Å². The average molecular weight is 415 g/mol. The van der Waals surface area contributed by atoms with Crippen LogP contribution in [-0.4, -0.2) is 27.1 Å². The molecule has 0 fully saturated rings. The largest absolute Gasteiger partial charge is 0.454 e. The lowest BCUT2D eigenvalue weighted by atomic mass is 10.2. The molecular formula is C18H11ClN4O4S. The van der Waals surface area contributed by atoms with Crippen molar-refractivity contribution in [1.82, 2.24) is 20.3 Å². The van der Waals surface area contributed by atoms with E-state index in [2.05, 4.69) is 20.3 Å². The molecular weight excluding hydrogens is 404 g/mol. The first-order valence-corrected chi connectivity index (χ1v) is 9.56. The predicted octanol–water partition coefficient (Wildman–Crippen LogP) is 4.46. The second-order valence-electron chi connectivity index (χ2n) is 5.73. The van der Waals surface area contributed by atoms with E-state index >= 15 is 0 Å². The van der Waals surface area contributed by atoms with Gasteiger partial charge in [0.2, 0.25) is 12.7 Å². The Morgan fingerprint density at radius 3 is 2.82 bits per heavy atom. The highest BCUT2D eigenvalue weighted by molar-refractivity contribution is 7.98. The number of thioether (sulfide) groups is 1. The number of benzene rings is 2. The maximum atomic E-state index is 6.15. The van der Waals surface area contributed by atoms with Crippen LogP contribution < -0.4 is 9.47 Å². The summed E-state index contributed by atoms with van der Waals surface area (Å²) in [5.74, 6) is 3.03. The van der Waals surface area contributed by atoms with Gasteiger partial charge >= 0.3 is 0 Å². The molecule has 28 heavy (non-hydrogen) atoms. The quantitative estimate of drug-likeness (QED) is 0.438. The van der Waals surface area contributed by atoms with Gasteiger partial charge in [0.1, 0.15) is 0 Å². The highest BCUT2D eigenvalue weighted by Gasteiger charge is 2.18. The van der Waals surface area contributed by atoms with Crippen molar-refractivity contribution < 1.29 is 18.4 Å². The van der Waals surface area contributed by atoms with Gasteiger partial charge in [-0.1, -0.05) is 40.7 Å². The Balaban J connectivity index is 1.28. The Bertz CT molecular complexity index is 1150. The van der Waals surface area contributed by atoms with E-state index in [1.54, 1.807) is 12.1 Å². The smallest absolute Gasteiger partial charge is 0.277 e. The number of aromatic nitrogens is 4. The van der Waals surface area contributed by atoms with E-state index in [1.165, 1.54) is 11.8 Å². The van der Waals surface area contributed by atoms with Crippen molar-refractivity contribution in [1.29, 1.82) is 0 Å². The molecule has 3 heterocycles. The molecule has 5 rings (SSSR count). The van der Waals surface area contributed by atoms with Gasteiger partial charge < -0.3 is 18.4 Å². The first-order valence-electron chi connectivity index (χ1n) is 8.20. The summed E-state index contributed by atoms with van der Waals surface area (Å²) in [5.41, 5.74) is 1.44. The van der Waals surface area contributed by atoms with Crippen molar-refractivity contribution >= 4 is 23.4 Å². The molecule has 0 N–H and O–H groups in total. The lowest BCUT2D eigenvalue weighted by molar-refractivity contribution is 0.174. The highest BCUT2D eigenvalue weighted by Crippen LogP contribution is 2.36. The van der Waals surface area contributed by atoms with Gasteiger partial charge in [-0.3, -0.25) is 0 Å². The van der Waals surface area contributed by atoms with Gasteiger partial charge in [-0.15, -0.1) is 10.2 Å². The van der Waals surface area contributed by atoms with Crippen LogP contribution >= 0.6 is 23.4 Å². The number of rotatable bonds is 5. The zero-order valence-corrected chi connectivity index (χ0v) is 15.7. The van der Waals surface area contributed by atoms with Gasteiger partial charge in [-0.25, -0.2) is 0 Å². The molecule has 0 saturated carbocycles. The minimum absolute atomic E-state index is 0.213. The van der Waals surface area contributed by atoms with Crippen LogP contribution in [0.15, 0.2) is 56.6 Å². The zero-order chi connectivity index (χ0) is 18.9. The molecule has 140 valence electrons. The fourth-order valence-corrected chi connectivity index (χ4v) is 3.42. The number of nitrogens with zero attached hydrogens (tertiary/aromatic N) is 4. The number of hydrogen-bond acceptors (Lipinski definition) is 9. The minimum atomic E-state index is 0.213. The van der Waals surface area contributed by atoms with Crippen molar-refractivity contribution in [2.45, 2.75) is 11.0 Å². The first kappa shape index (κ1) is 17.1. The Morgan fingerprint density at radius 2 is 1.89 bits per heavy atom. The molecule has 2 aromatic carbocycles. The van der Waals surface area contributed by atoms with Crippen LogP contribution in [0.4, 0.5) is 0 Å². The zero-order valence-electron chi connectivity index (χ0n) is 14.2. The molecule has 10 heteroatoms. The number of fused-ring (bicyclic) bond motifs is 1. The van der Waals surface area contributed by atoms with Gasteiger partial charge in [0.15, 0.2) is 17.3 Å². The average Bonchev–Trinajstić information content (AvgIpc) is 3.46. The second kappa shape index (κ2) is 7.17. The first-order chi connectivity index (χ1) is 13.8. The van der Waals surface area contributed by atoms with Gasteiger partial charge in [0, 0.05) is 5.56 Å². The number of ether oxygens (including phenoxy) is 2. The Hall–Kier alpha value is -3.04. The van der Waals surface area contributed by atoms with Crippen LogP contribution in [0.25, 0.3) is 22.9 Å². The summed E-state index contributed by atoms with van der Waals surface area (Å²) < 4.78 is 21.7. The van der Waals surface area contributed by atoms with E-state index < -0.39 is 0 Å². The molecule has 0 bridgehead atoms. The fraction of sp³-hybridized carbons (Fsp3) is 0.111. The van der Waals surface area contributed by atoms with E-state index in [4.69, 9.17) is 30.0 Å². The Labute approximate surface area is 167 Å². The number of hydrogen-bond donors (Lipinski definition) is 0. The Morgan fingerprint density at radius 1 is 1.00 bits per heavy atom. The van der Waals surface area contributed by atoms with E-state index in [0.29, 0.717) is 50.7 Å². The molecule has 4 aromatic rings. The summed E-state index contributed by atoms with van der Waals surface area (Å²) in [5, 5.41) is 13.0. The Kier molecular flexibility index (Phi) is 4.38. The van der Waals surface area contributed by atoms with Crippen molar-refractivity contribution in [3.63, 3.8) is 0 Å². The molecule has 1 aliphatic heterocycles. The summed E-state index contributed by atoms with van der Waals surface area (Å²) in [6.45, 7) is 0.213. The molecule has 0 radical (unpaired) electrons. The second-order valence-corrected chi connectivity index (χ2v) is 7.06. The van der Waals surface area contributed by atoms with Crippen molar-refractivity contribution in [2.24, 2.45) is 0 Å². The molecule has 8 nitrogen and oxygen atoms in total. The molecule has 0 unspecified atom stereocenters. The summed E-state index contributed by atoms with van der Waals surface area (Å²) in [7, 11) is 0. The maximum Gasteiger partial charge on any atom is 0.277 e. The van der Waals surface area contributed by atoms with Crippen LogP contribution in [0, 0.1) is 0 Å². The summed E-state index contributed by atoms with van der Waals surface area (Å²) in [6, 6.07) is 12.7. The van der Waals surface area contributed by atoms with Crippen LogP contribution in [0.1, 0.15) is 5.82 Å².